The molecule has 2 unspecified atom stereocenters. The second kappa shape index (κ2) is 10.4. The van der Waals surface area contributed by atoms with E-state index in [4.69, 9.17) is 0 Å². The second-order valence-corrected chi connectivity index (χ2v) is 13.1. The van der Waals surface area contributed by atoms with Crippen LogP contribution in [0.15, 0.2) is 49.3 Å². The first-order chi connectivity index (χ1) is 19.6. The number of nitrogens with zero attached hydrogens (tertiary/aromatic N) is 7. The normalized spacial score (nSPS) is 20.3. The molecule has 4 aromatic heterocycles. The molecule has 3 N–H and O–H groups in total. The van der Waals surface area contributed by atoms with Crippen LogP contribution in [0, 0.1) is 17.3 Å². The maximum Gasteiger partial charge on any atom is 0.256 e. The number of nitrogens with one attached hydrogen (secondary N) is 2. The van der Waals surface area contributed by atoms with Gasteiger partial charge in [-0.05, 0) is 43.5 Å². The molecule has 0 amide bonds. The number of pyridine rings is 1. The van der Waals surface area contributed by atoms with Crippen LogP contribution in [0.5, 0.6) is 0 Å². The predicted molar refractivity (Wildman–Crippen MR) is 152 cm³/mol. The van der Waals surface area contributed by atoms with Crippen molar-refractivity contribution in [2.24, 2.45) is 12.5 Å². The Kier molecular flexibility index (Phi) is 6.85. The third-order valence-corrected chi connectivity index (χ3v) is 9.63. The van der Waals surface area contributed by atoms with E-state index >= 15 is 0 Å². The Morgan fingerprint density at radius 2 is 1.90 bits per heavy atom. The average molecular weight is 574 g/mol. The van der Waals surface area contributed by atoms with Gasteiger partial charge in [-0.15, -0.1) is 0 Å². The van der Waals surface area contributed by atoms with Crippen molar-refractivity contribution >= 4 is 21.7 Å². The topological polar surface area (TPSA) is 153 Å². The Hall–Kier alpha value is -4.12. The standard InChI is InChI=1S/C28H31N9O3S/c1-28(2)23(38)8-10-29-26(28)22-12-25(31-14-19(22)5-4-18-13-32-36(3)16-18)34-24-9-11-30-27(35-24)20-15-33-37(17-20)41(39,40)21-6-7-21/h9,11-17,21,23,26,29,38H,6-8,10H2,1-3H3,(H,30,31,34,35). The molecule has 1 aliphatic carbocycles. The maximum absolute atomic E-state index is 12.5. The number of aromatic nitrogens is 7. The number of aliphatic hydroxyl groups is 1. The molecule has 1 aliphatic heterocycles. The summed E-state index contributed by atoms with van der Waals surface area (Å²) in [6.07, 6.45) is 11.3. The Morgan fingerprint density at radius 3 is 2.66 bits per heavy atom. The van der Waals surface area contributed by atoms with E-state index in [0.29, 0.717) is 48.8 Å². The van der Waals surface area contributed by atoms with E-state index in [2.05, 4.69) is 47.6 Å². The van der Waals surface area contributed by atoms with Gasteiger partial charge in [0.2, 0.25) is 0 Å². The van der Waals surface area contributed by atoms with Gasteiger partial charge in [0.25, 0.3) is 10.0 Å². The first-order valence-corrected chi connectivity index (χ1v) is 14.9. The lowest BCUT2D eigenvalue weighted by Crippen LogP contribution is -2.49. The summed E-state index contributed by atoms with van der Waals surface area (Å²) in [4.78, 5) is 13.5. The van der Waals surface area contributed by atoms with Crippen molar-refractivity contribution in [2.75, 3.05) is 11.9 Å². The van der Waals surface area contributed by atoms with Gasteiger partial charge in [0, 0.05) is 42.7 Å². The number of hydrogen-bond donors (Lipinski definition) is 3. The number of anilines is 2. The molecule has 12 nitrogen and oxygen atoms in total. The van der Waals surface area contributed by atoms with Gasteiger partial charge in [-0.25, -0.2) is 23.4 Å². The van der Waals surface area contributed by atoms with Crippen LogP contribution in [0.2, 0.25) is 0 Å². The molecule has 1 saturated carbocycles. The van der Waals surface area contributed by atoms with Gasteiger partial charge in [-0.2, -0.15) is 14.3 Å². The molecule has 5 heterocycles. The molecule has 13 heteroatoms. The van der Waals surface area contributed by atoms with Crippen molar-refractivity contribution in [1.29, 1.82) is 0 Å². The lowest BCUT2D eigenvalue weighted by atomic mass is 9.72. The minimum absolute atomic E-state index is 0.173. The van der Waals surface area contributed by atoms with Crippen LogP contribution in [0.25, 0.3) is 11.4 Å². The van der Waals surface area contributed by atoms with E-state index in [9.17, 15) is 13.5 Å². The van der Waals surface area contributed by atoms with Crippen molar-refractivity contribution < 1.29 is 13.5 Å². The Bertz CT molecular complexity index is 1760. The van der Waals surface area contributed by atoms with E-state index in [-0.39, 0.29) is 11.3 Å². The highest BCUT2D eigenvalue weighted by Crippen LogP contribution is 2.42. The summed E-state index contributed by atoms with van der Waals surface area (Å²) in [5, 5.41) is 25.5. The summed E-state index contributed by atoms with van der Waals surface area (Å²) in [5.41, 5.74) is 2.48. The molecule has 0 spiro atoms. The van der Waals surface area contributed by atoms with E-state index in [1.165, 1.54) is 12.4 Å². The largest absolute Gasteiger partial charge is 0.392 e. The van der Waals surface area contributed by atoms with E-state index in [1.54, 1.807) is 29.3 Å². The number of rotatable bonds is 6. The van der Waals surface area contributed by atoms with Crippen LogP contribution in [-0.4, -0.2) is 65.3 Å². The maximum atomic E-state index is 12.5. The summed E-state index contributed by atoms with van der Waals surface area (Å²) in [6, 6.07) is 3.46. The van der Waals surface area contributed by atoms with E-state index in [0.717, 1.165) is 20.8 Å². The zero-order chi connectivity index (χ0) is 28.8. The summed E-state index contributed by atoms with van der Waals surface area (Å²) >= 11 is 0. The fourth-order valence-corrected chi connectivity index (χ4v) is 6.46. The van der Waals surface area contributed by atoms with Gasteiger partial charge in [0.1, 0.15) is 11.6 Å². The van der Waals surface area contributed by atoms with Crippen LogP contribution in [0.3, 0.4) is 0 Å². The third-order valence-electron chi connectivity index (χ3n) is 7.60. The van der Waals surface area contributed by atoms with Gasteiger partial charge < -0.3 is 15.7 Å². The van der Waals surface area contributed by atoms with Crippen LogP contribution in [0.1, 0.15) is 55.8 Å². The minimum Gasteiger partial charge on any atom is -0.392 e. The monoisotopic (exact) mass is 573 g/mol. The van der Waals surface area contributed by atoms with Gasteiger partial charge in [0.05, 0.1) is 41.1 Å². The number of aliphatic hydroxyl groups excluding tert-OH is 1. The Morgan fingerprint density at radius 1 is 1.07 bits per heavy atom. The molecule has 2 fully saturated rings. The summed E-state index contributed by atoms with van der Waals surface area (Å²) in [5.74, 6) is 7.77. The number of piperidine rings is 1. The molecule has 6 rings (SSSR count). The fraction of sp³-hybridized carbons (Fsp3) is 0.393. The number of aryl methyl sites for hydroxylation is 1. The molecular weight excluding hydrogens is 542 g/mol. The van der Waals surface area contributed by atoms with Crippen LogP contribution in [0.4, 0.5) is 11.6 Å². The quantitative estimate of drug-likeness (QED) is 0.293. The molecule has 1 saturated heterocycles. The van der Waals surface area contributed by atoms with E-state index < -0.39 is 21.5 Å². The van der Waals surface area contributed by atoms with Crippen molar-refractivity contribution in [3.63, 3.8) is 0 Å². The smallest absolute Gasteiger partial charge is 0.256 e. The molecular formula is C28H31N9O3S. The van der Waals surface area contributed by atoms with Crippen molar-refractivity contribution in [1.82, 2.24) is 39.2 Å². The van der Waals surface area contributed by atoms with Crippen molar-refractivity contribution in [3.8, 4) is 23.2 Å². The van der Waals surface area contributed by atoms with Gasteiger partial charge >= 0.3 is 0 Å². The molecule has 0 aromatic carbocycles. The van der Waals surface area contributed by atoms with Crippen LogP contribution >= 0.6 is 0 Å². The summed E-state index contributed by atoms with van der Waals surface area (Å²) < 4.78 is 27.8. The lowest BCUT2D eigenvalue weighted by Gasteiger charge is -2.43. The second-order valence-electron chi connectivity index (χ2n) is 11.1. The Labute approximate surface area is 238 Å². The highest BCUT2D eigenvalue weighted by molar-refractivity contribution is 7.90. The molecule has 0 radical (unpaired) electrons. The highest BCUT2D eigenvalue weighted by atomic mass is 32.2. The molecule has 2 aliphatic rings. The first-order valence-electron chi connectivity index (χ1n) is 13.4. The lowest BCUT2D eigenvalue weighted by molar-refractivity contribution is -0.00854. The zero-order valence-corrected chi connectivity index (χ0v) is 23.8. The average Bonchev–Trinajstić information content (AvgIpc) is 3.55. The van der Waals surface area contributed by atoms with Gasteiger partial charge in [-0.1, -0.05) is 25.7 Å². The summed E-state index contributed by atoms with van der Waals surface area (Å²) in [6.45, 7) is 4.76. The molecule has 41 heavy (non-hydrogen) atoms. The SMILES string of the molecule is Cn1cc(C#Cc2cnc(Nc3ccnc(-c4cnn(S(=O)(=O)C5CC5)c4)n3)cc2C2NCCC(O)C2(C)C)cn1. The zero-order valence-electron chi connectivity index (χ0n) is 23.0. The fourth-order valence-electron chi connectivity index (χ4n) is 4.99. The third kappa shape index (κ3) is 5.46. The van der Waals surface area contributed by atoms with E-state index in [1.807, 2.05) is 33.2 Å². The summed E-state index contributed by atoms with van der Waals surface area (Å²) in [7, 11) is -1.64. The van der Waals surface area contributed by atoms with Gasteiger partial charge in [0.15, 0.2) is 5.82 Å². The van der Waals surface area contributed by atoms with Crippen LogP contribution in [-0.2, 0) is 17.1 Å². The highest BCUT2D eigenvalue weighted by Gasteiger charge is 2.41. The van der Waals surface area contributed by atoms with Crippen molar-refractivity contribution in [2.45, 2.75) is 50.5 Å². The van der Waals surface area contributed by atoms with Gasteiger partial charge in [-0.3, -0.25) is 4.68 Å². The van der Waals surface area contributed by atoms with Crippen molar-refractivity contribution in [3.05, 3.63) is 66.0 Å². The molecule has 0 bridgehead atoms. The minimum atomic E-state index is -3.48. The molecule has 4 aromatic rings. The predicted octanol–water partition coefficient (Wildman–Crippen LogP) is 2.37. The number of hydrogen-bond acceptors (Lipinski definition) is 10. The molecule has 2 atom stereocenters. The molecule has 212 valence electrons. The first kappa shape index (κ1) is 27.1. The Balaban J connectivity index is 1.31. The van der Waals surface area contributed by atoms with Crippen LogP contribution < -0.4 is 10.6 Å².